The highest BCUT2D eigenvalue weighted by Crippen LogP contribution is 2.39. The van der Waals surface area contributed by atoms with Gasteiger partial charge in [-0.25, -0.2) is 4.98 Å². The van der Waals surface area contributed by atoms with Gasteiger partial charge in [-0.1, -0.05) is 24.3 Å². The van der Waals surface area contributed by atoms with E-state index in [0.717, 1.165) is 0 Å². The second-order valence-electron chi connectivity index (χ2n) is 7.14. The Morgan fingerprint density at radius 2 is 1.68 bits per heavy atom. The summed E-state index contributed by atoms with van der Waals surface area (Å²) >= 11 is 0. The van der Waals surface area contributed by atoms with Gasteiger partial charge in [0.1, 0.15) is 5.52 Å². The topological polar surface area (TPSA) is 114 Å². The van der Waals surface area contributed by atoms with Crippen molar-refractivity contribution in [2.24, 2.45) is 0 Å². The Bertz CT molecular complexity index is 1360. The lowest BCUT2D eigenvalue weighted by atomic mass is 9.99. The number of rotatable bonds is 8. The highest BCUT2D eigenvalue weighted by Gasteiger charge is 2.24. The molecule has 9 heteroatoms. The molecule has 0 aliphatic heterocycles. The summed E-state index contributed by atoms with van der Waals surface area (Å²) in [7, 11) is 4.37. The van der Waals surface area contributed by atoms with Crippen molar-refractivity contribution in [3.63, 3.8) is 0 Å². The van der Waals surface area contributed by atoms with Gasteiger partial charge >= 0.3 is 0 Å². The number of carbonyl (C=O) groups is 1. The Hall–Kier alpha value is -4.66. The first kappa shape index (κ1) is 22.5. The van der Waals surface area contributed by atoms with Crippen LogP contribution in [0.1, 0.15) is 21.8 Å². The van der Waals surface area contributed by atoms with E-state index in [4.69, 9.17) is 18.6 Å². The van der Waals surface area contributed by atoms with Gasteiger partial charge in [-0.05, 0) is 35.9 Å². The molecule has 0 saturated heterocycles. The number of methoxy groups -OCH3 is 3. The molecule has 0 fully saturated rings. The molecule has 3 aromatic carbocycles. The number of aromatic nitrogens is 1. The summed E-state index contributed by atoms with van der Waals surface area (Å²) in [4.78, 5) is 28.9. The number of carbonyl (C=O) groups excluding carboxylic acids is 1. The first-order valence-corrected chi connectivity index (χ1v) is 10.1. The minimum atomic E-state index is -0.503. The first-order valence-electron chi connectivity index (χ1n) is 10.1. The minimum absolute atomic E-state index is 0.0754. The van der Waals surface area contributed by atoms with E-state index in [1.165, 1.54) is 57.7 Å². The number of ketones is 1. The molecule has 0 saturated carbocycles. The van der Waals surface area contributed by atoms with E-state index in [1.807, 2.05) is 0 Å². The maximum atomic E-state index is 13.7. The van der Waals surface area contributed by atoms with E-state index < -0.39 is 10.7 Å². The number of fused-ring (bicyclic) bond motifs is 1. The third-order valence-corrected chi connectivity index (χ3v) is 5.09. The van der Waals surface area contributed by atoms with Crippen molar-refractivity contribution in [1.82, 2.24) is 4.98 Å². The molecule has 172 valence electrons. The van der Waals surface area contributed by atoms with Crippen LogP contribution in [0.25, 0.3) is 22.7 Å². The number of Topliss-reactive ketones (excluding diaryl/α,β-unsaturated/α-hetero) is 1. The quantitative estimate of drug-likeness (QED) is 0.153. The summed E-state index contributed by atoms with van der Waals surface area (Å²) in [6, 6.07) is 16.1. The van der Waals surface area contributed by atoms with Crippen LogP contribution in [0, 0.1) is 10.1 Å². The van der Waals surface area contributed by atoms with Crippen molar-refractivity contribution in [3.8, 4) is 17.2 Å². The number of non-ortho nitro benzene ring substituents is 1. The van der Waals surface area contributed by atoms with Gasteiger partial charge in [0.25, 0.3) is 5.69 Å². The van der Waals surface area contributed by atoms with Crippen LogP contribution in [0.5, 0.6) is 17.2 Å². The average molecular weight is 460 g/mol. The summed E-state index contributed by atoms with van der Waals surface area (Å²) in [6.07, 6.45) is 1.50. The molecule has 0 unspecified atom stereocenters. The Labute approximate surface area is 194 Å². The molecular weight excluding hydrogens is 440 g/mol. The predicted molar refractivity (Wildman–Crippen MR) is 125 cm³/mol. The Morgan fingerprint density at radius 3 is 2.29 bits per heavy atom. The normalized spacial score (nSPS) is 11.3. The van der Waals surface area contributed by atoms with Gasteiger partial charge in [0.15, 0.2) is 22.9 Å². The zero-order valence-electron chi connectivity index (χ0n) is 18.6. The highest BCUT2D eigenvalue weighted by molar-refractivity contribution is 6.32. The maximum absolute atomic E-state index is 13.7. The number of hydrogen-bond acceptors (Lipinski definition) is 8. The lowest BCUT2D eigenvalue weighted by molar-refractivity contribution is -0.384. The summed E-state index contributed by atoms with van der Waals surface area (Å²) in [5, 5.41) is 11.2. The van der Waals surface area contributed by atoms with E-state index in [-0.39, 0.29) is 22.7 Å². The number of nitro groups is 1. The number of ether oxygens (including phenoxy) is 3. The zero-order valence-corrected chi connectivity index (χ0v) is 18.6. The average Bonchev–Trinajstić information content (AvgIpc) is 3.30. The fourth-order valence-electron chi connectivity index (χ4n) is 3.47. The lowest BCUT2D eigenvalue weighted by Crippen LogP contribution is -2.06. The highest BCUT2D eigenvalue weighted by atomic mass is 16.6. The molecule has 0 spiro atoms. The molecule has 1 heterocycles. The van der Waals surface area contributed by atoms with E-state index in [2.05, 4.69) is 4.98 Å². The Kier molecular flexibility index (Phi) is 6.26. The van der Waals surface area contributed by atoms with Gasteiger partial charge in [-0.15, -0.1) is 0 Å². The van der Waals surface area contributed by atoms with Gasteiger partial charge in [0.05, 0.1) is 31.8 Å². The van der Waals surface area contributed by atoms with E-state index in [9.17, 15) is 14.9 Å². The van der Waals surface area contributed by atoms with Crippen LogP contribution < -0.4 is 14.2 Å². The second kappa shape index (κ2) is 9.45. The molecule has 0 amide bonds. The fraction of sp³-hybridized carbons (Fsp3) is 0.120. The lowest BCUT2D eigenvalue weighted by Gasteiger charge is -2.14. The van der Waals surface area contributed by atoms with Crippen molar-refractivity contribution in [2.45, 2.75) is 0 Å². The van der Waals surface area contributed by atoms with Crippen molar-refractivity contribution in [1.29, 1.82) is 0 Å². The molecule has 0 bridgehead atoms. The monoisotopic (exact) mass is 460 g/mol. The molecule has 4 rings (SSSR count). The summed E-state index contributed by atoms with van der Waals surface area (Å²) < 4.78 is 21.9. The smallest absolute Gasteiger partial charge is 0.270 e. The van der Waals surface area contributed by atoms with Crippen LogP contribution in [-0.4, -0.2) is 37.0 Å². The van der Waals surface area contributed by atoms with Crippen molar-refractivity contribution in [3.05, 3.63) is 87.8 Å². The molecular formula is C25H20N2O7. The number of hydrogen-bond donors (Lipinski definition) is 0. The molecule has 4 aromatic rings. The predicted octanol–water partition coefficient (Wildman–Crippen LogP) is 5.19. The van der Waals surface area contributed by atoms with Crippen LogP contribution in [-0.2, 0) is 0 Å². The molecule has 34 heavy (non-hydrogen) atoms. The van der Waals surface area contributed by atoms with Crippen molar-refractivity contribution in [2.75, 3.05) is 21.3 Å². The summed E-state index contributed by atoms with van der Waals surface area (Å²) in [6.45, 7) is 0. The molecule has 0 atom stereocenters. The van der Waals surface area contributed by atoms with Gasteiger partial charge in [-0.3, -0.25) is 14.9 Å². The molecule has 0 aliphatic carbocycles. The van der Waals surface area contributed by atoms with Crippen LogP contribution in [0.3, 0.4) is 0 Å². The largest absolute Gasteiger partial charge is 0.493 e. The molecule has 9 nitrogen and oxygen atoms in total. The van der Waals surface area contributed by atoms with E-state index in [0.29, 0.717) is 33.9 Å². The van der Waals surface area contributed by atoms with Crippen molar-refractivity contribution < 1.29 is 28.3 Å². The zero-order chi connectivity index (χ0) is 24.2. The molecule has 1 aromatic heterocycles. The fourth-order valence-corrected chi connectivity index (χ4v) is 3.47. The van der Waals surface area contributed by atoms with Crippen LogP contribution in [0.15, 0.2) is 65.1 Å². The third kappa shape index (κ3) is 4.31. The number of nitrogens with zero attached hydrogens (tertiary/aromatic N) is 2. The number of oxazole rings is 1. The third-order valence-electron chi connectivity index (χ3n) is 5.09. The molecule has 0 aliphatic rings. The summed E-state index contributed by atoms with van der Waals surface area (Å²) in [5.41, 5.74) is 1.73. The van der Waals surface area contributed by atoms with Gasteiger partial charge < -0.3 is 18.6 Å². The summed E-state index contributed by atoms with van der Waals surface area (Å²) in [5.74, 6) is 0.575. The number of nitro benzene ring substituents is 1. The maximum Gasteiger partial charge on any atom is 0.270 e. The Balaban J connectivity index is 1.90. The SMILES string of the molecule is COc1cc(C(=O)/C(=C/c2cccc([N+](=O)[O-])c2)c2nc3ccccc3o2)cc(OC)c1OC. The van der Waals surface area contributed by atoms with Crippen LogP contribution in [0.4, 0.5) is 5.69 Å². The van der Waals surface area contributed by atoms with E-state index >= 15 is 0 Å². The molecule has 0 radical (unpaired) electrons. The van der Waals surface area contributed by atoms with Gasteiger partial charge in [-0.2, -0.15) is 0 Å². The van der Waals surface area contributed by atoms with Crippen LogP contribution >= 0.6 is 0 Å². The number of allylic oxidation sites excluding steroid dienone is 1. The molecule has 0 N–H and O–H groups in total. The van der Waals surface area contributed by atoms with Crippen molar-refractivity contribution >= 4 is 34.2 Å². The Morgan fingerprint density at radius 1 is 0.971 bits per heavy atom. The van der Waals surface area contributed by atoms with Gasteiger partial charge in [0.2, 0.25) is 11.6 Å². The van der Waals surface area contributed by atoms with E-state index in [1.54, 1.807) is 30.3 Å². The first-order chi connectivity index (χ1) is 16.4. The minimum Gasteiger partial charge on any atom is -0.493 e. The van der Waals surface area contributed by atoms with Gasteiger partial charge in [0, 0.05) is 17.7 Å². The number of para-hydroxylation sites is 2. The number of benzene rings is 3. The van der Waals surface area contributed by atoms with Crippen LogP contribution in [0.2, 0.25) is 0 Å². The second-order valence-corrected chi connectivity index (χ2v) is 7.14. The standard InChI is InChI=1S/C25H20N2O7/c1-31-21-13-16(14-22(32-2)24(21)33-3)23(28)18(12-15-7-6-8-17(11-15)27(29)30)25-26-19-9-4-5-10-20(19)34-25/h4-14H,1-3H3/b18-12-.